The lowest BCUT2D eigenvalue weighted by atomic mass is 9.95. The molecule has 0 spiro atoms. The van der Waals surface area contributed by atoms with Crippen LogP contribution in [0.1, 0.15) is 30.4 Å². The number of rotatable bonds is 4. The number of nitrogens with zero attached hydrogens (tertiary/aromatic N) is 2. The van der Waals surface area contributed by atoms with E-state index in [1.165, 1.54) is 24.3 Å². The molecule has 1 heterocycles. The number of fused-ring (bicyclic) bond motifs is 1. The lowest BCUT2D eigenvalue weighted by Gasteiger charge is -2.23. The minimum Gasteiger partial charge on any atom is -0.311 e. The summed E-state index contributed by atoms with van der Waals surface area (Å²) in [5, 5.41) is 11.0. The van der Waals surface area contributed by atoms with Gasteiger partial charge in [0.05, 0.1) is 16.5 Å². The Morgan fingerprint density at radius 3 is 2.62 bits per heavy atom. The van der Waals surface area contributed by atoms with Gasteiger partial charge in [-0.05, 0) is 36.1 Å². The molecule has 0 bridgehead atoms. The molecule has 1 aliphatic rings. The molecule has 1 amide bonds. The SMILES string of the molecule is CCC(C(=O)N1CCc2ccc([N+](=O)[O-])cc21)c1ccc(F)cc1. The third-order valence-electron chi connectivity index (χ3n) is 4.42. The van der Waals surface area contributed by atoms with Gasteiger partial charge in [0.2, 0.25) is 5.91 Å². The van der Waals surface area contributed by atoms with E-state index in [4.69, 9.17) is 0 Å². The maximum atomic E-state index is 13.1. The summed E-state index contributed by atoms with van der Waals surface area (Å²) in [6, 6.07) is 10.5. The van der Waals surface area contributed by atoms with Gasteiger partial charge in [0.15, 0.2) is 0 Å². The molecular formula is C18H17FN2O3. The van der Waals surface area contributed by atoms with Crippen molar-refractivity contribution in [3.8, 4) is 0 Å². The zero-order valence-electron chi connectivity index (χ0n) is 13.2. The van der Waals surface area contributed by atoms with E-state index in [9.17, 15) is 19.3 Å². The monoisotopic (exact) mass is 328 g/mol. The van der Waals surface area contributed by atoms with Gasteiger partial charge in [-0.15, -0.1) is 0 Å². The van der Waals surface area contributed by atoms with Crippen LogP contribution < -0.4 is 4.90 Å². The summed E-state index contributed by atoms with van der Waals surface area (Å²) < 4.78 is 13.1. The van der Waals surface area contributed by atoms with E-state index in [0.717, 1.165) is 11.1 Å². The molecule has 2 aromatic rings. The molecule has 6 heteroatoms. The number of carbonyl (C=O) groups excluding carboxylic acids is 1. The molecule has 0 aliphatic carbocycles. The standard InChI is InChI=1S/C18H17FN2O3/c1-2-16(12-3-6-14(19)7-4-12)18(22)20-10-9-13-5-8-15(21(23)24)11-17(13)20/h3-8,11,16H,2,9-10H2,1H3. The fourth-order valence-electron chi connectivity index (χ4n) is 3.15. The van der Waals surface area contributed by atoms with Crippen molar-refractivity contribution in [3.63, 3.8) is 0 Å². The number of hydrogen-bond acceptors (Lipinski definition) is 3. The Labute approximate surface area is 138 Å². The van der Waals surface area contributed by atoms with Crippen molar-refractivity contribution in [3.05, 3.63) is 69.5 Å². The number of nitro benzene ring substituents is 1. The summed E-state index contributed by atoms with van der Waals surface area (Å²) in [5.74, 6) is -0.845. The van der Waals surface area contributed by atoms with Crippen LogP contribution >= 0.6 is 0 Å². The number of non-ortho nitro benzene ring substituents is 1. The Hall–Kier alpha value is -2.76. The Kier molecular flexibility index (Phi) is 4.29. The molecule has 0 fully saturated rings. The van der Waals surface area contributed by atoms with Crippen molar-refractivity contribution >= 4 is 17.3 Å². The van der Waals surface area contributed by atoms with E-state index >= 15 is 0 Å². The fourth-order valence-corrected chi connectivity index (χ4v) is 3.15. The summed E-state index contributed by atoms with van der Waals surface area (Å²) in [4.78, 5) is 25.1. The highest BCUT2D eigenvalue weighted by molar-refractivity contribution is 6.00. The fraction of sp³-hybridized carbons (Fsp3) is 0.278. The molecule has 3 rings (SSSR count). The van der Waals surface area contributed by atoms with Crippen LogP contribution in [0, 0.1) is 15.9 Å². The van der Waals surface area contributed by atoms with Gasteiger partial charge < -0.3 is 4.90 Å². The van der Waals surface area contributed by atoms with Crippen molar-refractivity contribution in [1.29, 1.82) is 0 Å². The largest absolute Gasteiger partial charge is 0.311 e. The highest BCUT2D eigenvalue weighted by Crippen LogP contribution is 2.34. The number of benzene rings is 2. The van der Waals surface area contributed by atoms with E-state index in [1.54, 1.807) is 23.1 Å². The molecule has 2 aromatic carbocycles. The van der Waals surface area contributed by atoms with Crippen molar-refractivity contribution in [1.82, 2.24) is 0 Å². The molecule has 124 valence electrons. The molecule has 0 radical (unpaired) electrons. The van der Waals surface area contributed by atoms with Gasteiger partial charge in [0.1, 0.15) is 5.82 Å². The van der Waals surface area contributed by atoms with Crippen molar-refractivity contribution in [2.24, 2.45) is 0 Å². The first kappa shape index (κ1) is 16.1. The lowest BCUT2D eigenvalue weighted by Crippen LogP contribution is -2.33. The second-order valence-corrected chi connectivity index (χ2v) is 5.82. The molecule has 24 heavy (non-hydrogen) atoms. The molecular weight excluding hydrogens is 311 g/mol. The molecule has 1 aliphatic heterocycles. The Bertz CT molecular complexity index is 789. The molecule has 0 saturated heterocycles. The number of carbonyl (C=O) groups is 1. The first-order chi connectivity index (χ1) is 11.5. The highest BCUT2D eigenvalue weighted by atomic mass is 19.1. The average molecular weight is 328 g/mol. The second kappa shape index (κ2) is 6.39. The minimum atomic E-state index is -0.460. The lowest BCUT2D eigenvalue weighted by molar-refractivity contribution is -0.384. The van der Waals surface area contributed by atoms with Crippen LogP contribution in [0.15, 0.2) is 42.5 Å². The van der Waals surface area contributed by atoms with Crippen molar-refractivity contribution < 1.29 is 14.1 Å². The third-order valence-corrected chi connectivity index (χ3v) is 4.42. The van der Waals surface area contributed by atoms with Gasteiger partial charge in [-0.2, -0.15) is 0 Å². The summed E-state index contributed by atoms with van der Waals surface area (Å²) in [5.41, 5.74) is 2.27. The summed E-state index contributed by atoms with van der Waals surface area (Å²) >= 11 is 0. The molecule has 5 nitrogen and oxygen atoms in total. The van der Waals surface area contributed by atoms with Gasteiger partial charge in [0.25, 0.3) is 5.69 Å². The van der Waals surface area contributed by atoms with E-state index in [0.29, 0.717) is 25.1 Å². The summed E-state index contributed by atoms with van der Waals surface area (Å²) in [6.07, 6.45) is 1.25. The molecule has 0 aromatic heterocycles. The maximum absolute atomic E-state index is 13.1. The third kappa shape index (κ3) is 2.87. The van der Waals surface area contributed by atoms with E-state index in [2.05, 4.69) is 0 Å². The number of anilines is 1. The molecule has 0 saturated carbocycles. The van der Waals surface area contributed by atoms with E-state index < -0.39 is 10.8 Å². The number of nitro groups is 1. The van der Waals surface area contributed by atoms with Crippen LogP contribution in [-0.2, 0) is 11.2 Å². The quantitative estimate of drug-likeness (QED) is 0.633. The molecule has 0 N–H and O–H groups in total. The first-order valence-electron chi connectivity index (χ1n) is 7.85. The van der Waals surface area contributed by atoms with Gasteiger partial charge in [-0.25, -0.2) is 4.39 Å². The average Bonchev–Trinajstić information content (AvgIpc) is 3.00. The van der Waals surface area contributed by atoms with Crippen LogP contribution in [0.5, 0.6) is 0 Å². The van der Waals surface area contributed by atoms with Crippen LogP contribution in [0.2, 0.25) is 0 Å². The zero-order valence-corrected chi connectivity index (χ0v) is 13.2. The number of hydrogen-bond donors (Lipinski definition) is 0. The highest BCUT2D eigenvalue weighted by Gasteiger charge is 2.31. The van der Waals surface area contributed by atoms with E-state index in [1.807, 2.05) is 6.92 Å². The van der Waals surface area contributed by atoms with Crippen molar-refractivity contribution in [2.75, 3.05) is 11.4 Å². The number of halogens is 1. The smallest absolute Gasteiger partial charge is 0.271 e. The zero-order chi connectivity index (χ0) is 17.3. The van der Waals surface area contributed by atoms with Crippen molar-refractivity contribution in [2.45, 2.75) is 25.7 Å². The minimum absolute atomic E-state index is 0.0247. The maximum Gasteiger partial charge on any atom is 0.271 e. The first-order valence-corrected chi connectivity index (χ1v) is 7.85. The predicted octanol–water partition coefficient (Wildman–Crippen LogP) is 3.82. The second-order valence-electron chi connectivity index (χ2n) is 5.82. The van der Waals surface area contributed by atoms with Crippen LogP contribution in [-0.4, -0.2) is 17.4 Å². The Morgan fingerprint density at radius 1 is 1.29 bits per heavy atom. The Morgan fingerprint density at radius 2 is 2.00 bits per heavy atom. The van der Waals surface area contributed by atoms with E-state index in [-0.39, 0.29) is 17.4 Å². The van der Waals surface area contributed by atoms with Gasteiger partial charge >= 0.3 is 0 Å². The van der Waals surface area contributed by atoms with Crippen LogP contribution in [0.4, 0.5) is 15.8 Å². The van der Waals surface area contributed by atoms with Gasteiger partial charge in [0, 0.05) is 18.7 Å². The van der Waals surface area contributed by atoms with Crippen LogP contribution in [0.25, 0.3) is 0 Å². The topological polar surface area (TPSA) is 63.5 Å². The normalized spacial score (nSPS) is 14.3. The summed E-state index contributed by atoms with van der Waals surface area (Å²) in [6.45, 7) is 2.41. The molecule has 1 atom stereocenters. The summed E-state index contributed by atoms with van der Waals surface area (Å²) in [7, 11) is 0. The van der Waals surface area contributed by atoms with Gasteiger partial charge in [-0.3, -0.25) is 14.9 Å². The number of amides is 1. The predicted molar refractivity (Wildman–Crippen MR) is 88.6 cm³/mol. The van der Waals surface area contributed by atoms with Gasteiger partial charge in [-0.1, -0.05) is 25.1 Å². The molecule has 1 unspecified atom stereocenters. The Balaban J connectivity index is 1.92. The van der Waals surface area contributed by atoms with Crippen LogP contribution in [0.3, 0.4) is 0 Å².